The van der Waals surface area contributed by atoms with E-state index in [0.29, 0.717) is 5.92 Å². The van der Waals surface area contributed by atoms with Crippen LogP contribution in [-0.4, -0.2) is 61.0 Å². The van der Waals surface area contributed by atoms with Crippen molar-refractivity contribution in [2.24, 2.45) is 11.8 Å². The average molecular weight is 337 g/mol. The maximum Gasteiger partial charge on any atom is 0.223 e. The van der Waals surface area contributed by atoms with Gasteiger partial charge in [-0.2, -0.15) is 0 Å². The molecule has 6 rings (SSSR count). The number of benzene rings is 1. The minimum Gasteiger partial charge on any atom is -0.352 e. The van der Waals surface area contributed by atoms with Crippen molar-refractivity contribution in [1.82, 2.24) is 15.1 Å². The van der Waals surface area contributed by atoms with E-state index in [0.717, 1.165) is 52.1 Å². The largest absolute Gasteiger partial charge is 0.352 e. The highest BCUT2D eigenvalue weighted by atomic mass is 16.2. The first kappa shape index (κ1) is 15.6. The predicted molar refractivity (Wildman–Crippen MR) is 98.3 cm³/mol. The highest BCUT2D eigenvalue weighted by Crippen LogP contribution is 2.43. The molecule has 0 radical (unpaired) electrons. The second kappa shape index (κ2) is 5.96. The first-order valence-electron chi connectivity index (χ1n) is 9.70. The third kappa shape index (κ3) is 2.54. The molecular weight excluding hydrogens is 310 g/mol. The summed E-state index contributed by atoms with van der Waals surface area (Å²) in [6.45, 7) is 6.71. The molecular formula is C21H27N3O. The van der Waals surface area contributed by atoms with Crippen LogP contribution in [0.15, 0.2) is 42.5 Å². The summed E-state index contributed by atoms with van der Waals surface area (Å²) in [5.74, 6) is 0.942. The Bertz CT molecular complexity index is 662. The number of amides is 1. The van der Waals surface area contributed by atoms with Crippen LogP contribution in [0.1, 0.15) is 18.4 Å². The normalized spacial score (nSPS) is 39.5. The number of carbonyl (C=O) groups excluding carboxylic acids is 1. The fraction of sp³-hybridized carbons (Fsp3) is 0.571. The van der Waals surface area contributed by atoms with Crippen LogP contribution in [0.25, 0.3) is 0 Å². The Morgan fingerprint density at radius 2 is 1.64 bits per heavy atom. The van der Waals surface area contributed by atoms with Gasteiger partial charge in [0.15, 0.2) is 0 Å². The summed E-state index contributed by atoms with van der Waals surface area (Å²) in [6, 6.07) is 11.2. The number of piperidine rings is 2. The summed E-state index contributed by atoms with van der Waals surface area (Å²) < 4.78 is 0. The number of rotatable bonds is 3. The molecule has 4 fully saturated rings. The van der Waals surface area contributed by atoms with Crippen LogP contribution in [0.3, 0.4) is 0 Å². The van der Waals surface area contributed by atoms with E-state index in [9.17, 15) is 4.79 Å². The summed E-state index contributed by atoms with van der Waals surface area (Å²) in [6.07, 6.45) is 6.10. The van der Waals surface area contributed by atoms with E-state index in [1.54, 1.807) is 0 Å². The van der Waals surface area contributed by atoms with E-state index >= 15 is 0 Å². The monoisotopic (exact) mass is 337 g/mol. The van der Waals surface area contributed by atoms with Crippen molar-refractivity contribution in [3.63, 3.8) is 0 Å². The maximum atomic E-state index is 12.9. The van der Waals surface area contributed by atoms with Gasteiger partial charge in [-0.1, -0.05) is 42.5 Å². The van der Waals surface area contributed by atoms with Gasteiger partial charge in [0.1, 0.15) is 0 Å². The lowest BCUT2D eigenvalue weighted by Gasteiger charge is -2.56. The van der Waals surface area contributed by atoms with Crippen molar-refractivity contribution in [1.29, 1.82) is 0 Å². The first-order chi connectivity index (χ1) is 12.2. The third-order valence-electron chi connectivity index (χ3n) is 6.82. The van der Waals surface area contributed by atoms with Crippen LogP contribution in [0.5, 0.6) is 0 Å². The summed E-state index contributed by atoms with van der Waals surface area (Å²) in [5.41, 5.74) is 1.42. The van der Waals surface area contributed by atoms with E-state index in [4.69, 9.17) is 0 Å². The zero-order valence-electron chi connectivity index (χ0n) is 14.7. The van der Waals surface area contributed by atoms with E-state index in [-0.39, 0.29) is 23.3 Å². The molecule has 0 saturated carbocycles. The molecule has 2 unspecified atom stereocenters. The third-order valence-corrected chi connectivity index (χ3v) is 6.82. The molecule has 4 aliphatic heterocycles. The zero-order valence-corrected chi connectivity index (χ0v) is 14.7. The van der Waals surface area contributed by atoms with Crippen LogP contribution >= 0.6 is 0 Å². The van der Waals surface area contributed by atoms with Gasteiger partial charge in [-0.3, -0.25) is 4.79 Å². The van der Waals surface area contributed by atoms with Crippen molar-refractivity contribution in [2.75, 3.05) is 39.3 Å². The van der Waals surface area contributed by atoms with Gasteiger partial charge in [0.2, 0.25) is 5.91 Å². The van der Waals surface area contributed by atoms with Gasteiger partial charge in [-0.25, -0.2) is 0 Å². The molecule has 132 valence electrons. The van der Waals surface area contributed by atoms with Crippen molar-refractivity contribution in [3.8, 4) is 0 Å². The number of hydrogen-bond acceptors (Lipinski definition) is 3. The Hall–Kier alpha value is -1.65. The van der Waals surface area contributed by atoms with Gasteiger partial charge < -0.3 is 15.1 Å². The lowest BCUT2D eigenvalue weighted by atomic mass is 9.64. The van der Waals surface area contributed by atoms with Crippen LogP contribution in [0, 0.1) is 11.8 Å². The number of carbonyl (C=O) groups is 1. The fourth-order valence-electron chi connectivity index (χ4n) is 5.67. The van der Waals surface area contributed by atoms with Crippen molar-refractivity contribution < 1.29 is 4.79 Å². The Morgan fingerprint density at radius 1 is 1.00 bits per heavy atom. The summed E-state index contributed by atoms with van der Waals surface area (Å²) in [7, 11) is 0. The second-order valence-corrected chi connectivity index (χ2v) is 8.38. The molecule has 4 saturated heterocycles. The van der Waals surface area contributed by atoms with Crippen molar-refractivity contribution in [3.05, 3.63) is 48.0 Å². The number of nitrogens with one attached hydrogen (secondary N) is 1. The standard InChI is InChI=1S/C21H27N3O/c25-20(16-6-4-5-7-16)22-19-17-12-23-10-11-24(13-17)15-21(19,14-23)18-8-2-1-3-9-18/h1-5,8-9,16-17,19H,6-7,10-15H2,(H,22,25)/t17?,19-,21?/m1/s1. The van der Waals surface area contributed by atoms with E-state index in [1.807, 2.05) is 0 Å². The van der Waals surface area contributed by atoms with Gasteiger partial charge >= 0.3 is 0 Å². The van der Waals surface area contributed by atoms with Crippen LogP contribution < -0.4 is 5.32 Å². The minimum absolute atomic E-state index is 0.0284. The molecule has 5 aliphatic rings. The van der Waals surface area contributed by atoms with Gasteiger partial charge in [0.25, 0.3) is 0 Å². The molecule has 1 amide bonds. The quantitative estimate of drug-likeness (QED) is 0.852. The van der Waals surface area contributed by atoms with E-state index in [1.165, 1.54) is 5.56 Å². The SMILES string of the molecule is O=C(N[C@@H]1C2CN3CCN(C2)CC1(c1ccccc1)C3)C1CC=CC1. The molecule has 0 aromatic heterocycles. The molecule has 1 aromatic rings. The summed E-state index contributed by atoms with van der Waals surface area (Å²) in [5, 5.41) is 3.54. The minimum atomic E-state index is 0.0284. The van der Waals surface area contributed by atoms with E-state index < -0.39 is 0 Å². The Labute approximate surface area is 149 Å². The molecule has 25 heavy (non-hydrogen) atoms. The van der Waals surface area contributed by atoms with Crippen LogP contribution in [0.2, 0.25) is 0 Å². The van der Waals surface area contributed by atoms with Crippen molar-refractivity contribution in [2.45, 2.75) is 24.3 Å². The molecule has 1 aromatic carbocycles. The molecule has 4 bridgehead atoms. The highest BCUT2D eigenvalue weighted by Gasteiger charge is 2.55. The molecule has 4 heteroatoms. The molecule has 4 heterocycles. The first-order valence-corrected chi connectivity index (χ1v) is 9.70. The summed E-state index contributed by atoms with van der Waals surface area (Å²) in [4.78, 5) is 18.2. The Balaban J connectivity index is 1.50. The van der Waals surface area contributed by atoms with Crippen LogP contribution in [0.4, 0.5) is 0 Å². The second-order valence-electron chi connectivity index (χ2n) is 8.38. The number of fused-ring (bicyclic) bond motifs is 1. The number of allylic oxidation sites excluding steroid dienone is 2. The molecule has 1 aliphatic carbocycles. The lowest BCUT2D eigenvalue weighted by Crippen LogP contribution is -2.71. The van der Waals surface area contributed by atoms with Gasteiger partial charge in [0.05, 0.1) is 0 Å². The number of hydrogen-bond donors (Lipinski definition) is 1. The number of nitrogens with zero attached hydrogens (tertiary/aromatic N) is 2. The maximum absolute atomic E-state index is 12.9. The van der Waals surface area contributed by atoms with Gasteiger partial charge in [-0.05, 0) is 18.4 Å². The van der Waals surface area contributed by atoms with Crippen molar-refractivity contribution >= 4 is 5.91 Å². The fourth-order valence-corrected chi connectivity index (χ4v) is 5.67. The van der Waals surface area contributed by atoms with E-state index in [2.05, 4.69) is 57.6 Å². The average Bonchev–Trinajstić information content (AvgIpc) is 3.05. The summed E-state index contributed by atoms with van der Waals surface area (Å²) >= 11 is 0. The van der Waals surface area contributed by atoms with Gasteiger partial charge in [0, 0.05) is 62.6 Å². The molecule has 3 atom stereocenters. The molecule has 4 nitrogen and oxygen atoms in total. The van der Waals surface area contributed by atoms with Gasteiger partial charge in [-0.15, -0.1) is 0 Å². The molecule has 1 N–H and O–H groups in total. The topological polar surface area (TPSA) is 35.6 Å². The van der Waals surface area contributed by atoms with Crippen LogP contribution in [-0.2, 0) is 10.2 Å². The molecule has 0 spiro atoms. The smallest absolute Gasteiger partial charge is 0.223 e. The zero-order chi connectivity index (χ0) is 16.9. The highest BCUT2D eigenvalue weighted by molar-refractivity contribution is 5.80. The Kier molecular flexibility index (Phi) is 3.72. The Morgan fingerprint density at radius 3 is 2.28 bits per heavy atom. The lowest BCUT2D eigenvalue weighted by molar-refractivity contribution is -0.128. The predicted octanol–water partition coefficient (Wildman–Crippen LogP) is 1.64.